The molecular weight excluding hydrogens is 356 g/mol. The minimum atomic E-state index is -3.64. The van der Waals surface area contributed by atoms with Gasteiger partial charge in [0.25, 0.3) is 0 Å². The number of nitrogens with zero attached hydrogens (tertiary/aromatic N) is 2. The van der Waals surface area contributed by atoms with E-state index in [1.54, 1.807) is 30.6 Å². The van der Waals surface area contributed by atoms with E-state index in [1.807, 2.05) is 6.92 Å². The Bertz CT molecular complexity index is 940. The number of hydrogen-bond donors (Lipinski definition) is 2. The lowest BCUT2D eigenvalue weighted by Crippen LogP contribution is -2.40. The Hall–Kier alpha value is -2.39. The molecule has 2 aliphatic heterocycles. The molecular formula is C17H20N4O4S. The fourth-order valence-corrected chi connectivity index (χ4v) is 5.33. The molecule has 4 rings (SSSR count). The van der Waals surface area contributed by atoms with E-state index in [9.17, 15) is 13.2 Å². The topological polar surface area (TPSA) is 104 Å². The minimum absolute atomic E-state index is 0.165. The molecule has 26 heavy (non-hydrogen) atoms. The molecule has 0 bridgehead atoms. The number of hydrogen-bond acceptors (Lipinski definition) is 5. The first-order valence-corrected chi connectivity index (χ1v) is 9.91. The number of sulfonamides is 1. The zero-order chi connectivity index (χ0) is 18.3. The van der Waals surface area contributed by atoms with Crippen LogP contribution in [0.4, 0.5) is 0 Å². The first kappa shape index (κ1) is 17.0. The van der Waals surface area contributed by atoms with Crippen LogP contribution in [0.5, 0.6) is 5.75 Å². The SMILES string of the molecule is Cc1[nH]cnc1CC(=O)N[C@H]1C[C@H]2COc3ccccc3S(=O)(=O)N2C1. The van der Waals surface area contributed by atoms with E-state index in [0.29, 0.717) is 17.9 Å². The summed E-state index contributed by atoms with van der Waals surface area (Å²) in [5, 5.41) is 2.93. The predicted octanol–water partition coefficient (Wildman–Crippen LogP) is 0.601. The van der Waals surface area contributed by atoms with Gasteiger partial charge in [0.15, 0.2) is 0 Å². The number of carbonyl (C=O) groups excluding carboxylic acids is 1. The highest BCUT2D eigenvalue weighted by atomic mass is 32.2. The molecule has 8 nitrogen and oxygen atoms in total. The second kappa shape index (κ2) is 6.40. The van der Waals surface area contributed by atoms with Crippen molar-refractivity contribution in [2.45, 2.75) is 36.7 Å². The van der Waals surface area contributed by atoms with Crippen molar-refractivity contribution in [3.63, 3.8) is 0 Å². The highest BCUT2D eigenvalue weighted by Gasteiger charge is 2.44. The van der Waals surface area contributed by atoms with Gasteiger partial charge in [-0.25, -0.2) is 13.4 Å². The Balaban J connectivity index is 1.48. The lowest BCUT2D eigenvalue weighted by Gasteiger charge is -2.19. The van der Waals surface area contributed by atoms with E-state index in [0.717, 1.165) is 5.69 Å². The van der Waals surface area contributed by atoms with Crippen molar-refractivity contribution in [3.8, 4) is 5.75 Å². The number of aryl methyl sites for hydroxylation is 1. The highest BCUT2D eigenvalue weighted by molar-refractivity contribution is 7.89. The van der Waals surface area contributed by atoms with Crippen LogP contribution < -0.4 is 10.1 Å². The Labute approximate surface area is 151 Å². The van der Waals surface area contributed by atoms with Crippen LogP contribution in [0.25, 0.3) is 0 Å². The van der Waals surface area contributed by atoms with Gasteiger partial charge >= 0.3 is 0 Å². The Morgan fingerprint density at radius 3 is 3.00 bits per heavy atom. The average Bonchev–Trinajstić information content (AvgIpc) is 3.17. The predicted molar refractivity (Wildman–Crippen MR) is 93.2 cm³/mol. The first-order valence-electron chi connectivity index (χ1n) is 8.47. The molecule has 0 spiro atoms. The van der Waals surface area contributed by atoms with E-state index in [-0.39, 0.29) is 42.5 Å². The minimum Gasteiger partial charge on any atom is -0.490 e. The number of imidazole rings is 1. The molecule has 0 radical (unpaired) electrons. The molecule has 1 fully saturated rings. The molecule has 2 N–H and O–H groups in total. The van der Waals surface area contributed by atoms with E-state index in [1.165, 1.54) is 4.31 Å². The summed E-state index contributed by atoms with van der Waals surface area (Å²) in [5.41, 5.74) is 1.55. The Morgan fingerprint density at radius 1 is 1.42 bits per heavy atom. The van der Waals surface area contributed by atoms with Crippen LogP contribution in [0.3, 0.4) is 0 Å². The number of fused-ring (bicyclic) bond motifs is 2. The van der Waals surface area contributed by atoms with Crippen LogP contribution in [-0.4, -0.2) is 53.8 Å². The Kier molecular flexibility index (Phi) is 4.20. The van der Waals surface area contributed by atoms with E-state index in [2.05, 4.69) is 15.3 Å². The first-order chi connectivity index (χ1) is 12.4. The Morgan fingerprint density at radius 2 is 2.23 bits per heavy atom. The van der Waals surface area contributed by atoms with Crippen molar-refractivity contribution < 1.29 is 17.9 Å². The number of aromatic amines is 1. The zero-order valence-corrected chi connectivity index (χ0v) is 15.1. The van der Waals surface area contributed by atoms with Crippen molar-refractivity contribution in [2.75, 3.05) is 13.2 Å². The summed E-state index contributed by atoms with van der Waals surface area (Å²) in [6.45, 7) is 2.38. The number of H-pyrrole nitrogens is 1. The van der Waals surface area contributed by atoms with Gasteiger partial charge in [-0.15, -0.1) is 0 Å². The van der Waals surface area contributed by atoms with Gasteiger partial charge in [-0.2, -0.15) is 4.31 Å². The normalized spacial score (nSPS) is 24.2. The second-order valence-corrected chi connectivity index (χ2v) is 8.50. The fourth-order valence-electron chi connectivity index (χ4n) is 3.53. The lowest BCUT2D eigenvalue weighted by molar-refractivity contribution is -0.121. The van der Waals surface area contributed by atoms with E-state index < -0.39 is 10.0 Å². The number of nitrogens with one attached hydrogen (secondary N) is 2. The highest BCUT2D eigenvalue weighted by Crippen LogP contribution is 2.35. The summed E-state index contributed by atoms with van der Waals surface area (Å²) in [6, 6.07) is 6.13. The van der Waals surface area contributed by atoms with Gasteiger partial charge in [0.1, 0.15) is 17.3 Å². The van der Waals surface area contributed by atoms with E-state index in [4.69, 9.17) is 4.74 Å². The molecule has 9 heteroatoms. The summed E-state index contributed by atoms with van der Waals surface area (Å²) < 4.78 is 33.1. The monoisotopic (exact) mass is 376 g/mol. The summed E-state index contributed by atoms with van der Waals surface area (Å²) >= 11 is 0. The third-order valence-corrected chi connectivity index (χ3v) is 6.82. The van der Waals surface area contributed by atoms with Gasteiger partial charge in [-0.05, 0) is 25.5 Å². The number of benzene rings is 1. The second-order valence-electron chi connectivity index (χ2n) is 6.64. The largest absolute Gasteiger partial charge is 0.490 e. The quantitative estimate of drug-likeness (QED) is 0.816. The maximum atomic E-state index is 13.0. The number of para-hydroxylation sites is 1. The molecule has 2 aliphatic rings. The van der Waals surface area contributed by atoms with Crippen molar-refractivity contribution in [2.24, 2.45) is 0 Å². The molecule has 2 atom stereocenters. The molecule has 1 aromatic carbocycles. The van der Waals surface area contributed by atoms with Crippen molar-refractivity contribution in [3.05, 3.63) is 42.0 Å². The van der Waals surface area contributed by atoms with Crippen molar-refractivity contribution in [1.82, 2.24) is 19.6 Å². The van der Waals surface area contributed by atoms with Gasteiger partial charge in [0, 0.05) is 18.3 Å². The number of carbonyl (C=O) groups is 1. The van der Waals surface area contributed by atoms with E-state index >= 15 is 0 Å². The number of aromatic nitrogens is 2. The fraction of sp³-hybridized carbons (Fsp3) is 0.412. The van der Waals surface area contributed by atoms with Gasteiger partial charge in [0.05, 0.1) is 24.5 Å². The maximum absolute atomic E-state index is 13.0. The third kappa shape index (κ3) is 2.97. The molecule has 138 valence electrons. The smallest absolute Gasteiger partial charge is 0.247 e. The third-order valence-electron chi connectivity index (χ3n) is 4.86. The van der Waals surface area contributed by atoms with Crippen LogP contribution in [-0.2, 0) is 21.2 Å². The summed E-state index contributed by atoms with van der Waals surface area (Å²) in [5.74, 6) is 0.220. The number of amides is 1. The molecule has 3 heterocycles. The molecule has 0 saturated carbocycles. The molecule has 1 saturated heterocycles. The average molecular weight is 376 g/mol. The number of ether oxygens (including phenoxy) is 1. The van der Waals surface area contributed by atoms with Crippen LogP contribution in [0.1, 0.15) is 17.8 Å². The van der Waals surface area contributed by atoms with Crippen LogP contribution in [0.2, 0.25) is 0 Å². The maximum Gasteiger partial charge on any atom is 0.247 e. The number of rotatable bonds is 3. The molecule has 1 amide bonds. The van der Waals surface area contributed by atoms with Gasteiger partial charge in [0.2, 0.25) is 15.9 Å². The molecule has 0 unspecified atom stereocenters. The molecule has 0 aliphatic carbocycles. The van der Waals surface area contributed by atoms with Crippen LogP contribution >= 0.6 is 0 Å². The van der Waals surface area contributed by atoms with Crippen LogP contribution in [0.15, 0.2) is 35.5 Å². The lowest BCUT2D eigenvalue weighted by atomic mass is 10.1. The van der Waals surface area contributed by atoms with Crippen molar-refractivity contribution >= 4 is 15.9 Å². The zero-order valence-electron chi connectivity index (χ0n) is 14.3. The molecule has 2 aromatic rings. The summed E-state index contributed by atoms with van der Waals surface area (Å²) in [6.07, 6.45) is 2.25. The molecule has 1 aromatic heterocycles. The van der Waals surface area contributed by atoms with Gasteiger partial charge in [-0.1, -0.05) is 12.1 Å². The van der Waals surface area contributed by atoms with Gasteiger partial charge in [-0.3, -0.25) is 4.79 Å². The summed E-state index contributed by atoms with van der Waals surface area (Å²) in [4.78, 5) is 19.5. The van der Waals surface area contributed by atoms with Crippen molar-refractivity contribution in [1.29, 1.82) is 0 Å². The standard InChI is InChI=1S/C17H20N4O4S/c1-11-14(19-10-18-11)7-17(22)20-12-6-13-9-25-15-4-2-3-5-16(15)26(23,24)21(13)8-12/h2-5,10,12-13H,6-9H2,1H3,(H,18,19)(H,20,22)/t12-,13-/m0/s1. The summed E-state index contributed by atoms with van der Waals surface area (Å²) in [7, 11) is -3.64. The van der Waals surface area contributed by atoms with Crippen LogP contribution in [0, 0.1) is 6.92 Å². The van der Waals surface area contributed by atoms with Gasteiger partial charge < -0.3 is 15.0 Å².